The standard InChI is InChI=1S/C24H27N3O3/c1-4-5-15-26-22(29)18-10-6-7-12-20(18)27-21(28)13-14-24(26,27)23(30)25-19-11-8-9-16(2)17(19)3/h6-12H,4-5,13-15H2,1-3H3,(H,25,30). The number of hydrogen-bond acceptors (Lipinski definition) is 3. The molecule has 0 radical (unpaired) electrons. The quantitative estimate of drug-likeness (QED) is 0.817. The molecule has 2 aliphatic rings. The zero-order valence-electron chi connectivity index (χ0n) is 17.7. The Bertz CT molecular complexity index is 1030. The molecule has 1 saturated heterocycles. The van der Waals surface area contributed by atoms with Crippen LogP contribution >= 0.6 is 0 Å². The van der Waals surface area contributed by atoms with Crippen molar-refractivity contribution in [1.82, 2.24) is 4.90 Å². The summed E-state index contributed by atoms with van der Waals surface area (Å²) in [5, 5.41) is 3.03. The third kappa shape index (κ3) is 2.90. The van der Waals surface area contributed by atoms with E-state index in [2.05, 4.69) is 5.32 Å². The lowest BCUT2D eigenvalue weighted by Crippen LogP contribution is -2.69. The minimum Gasteiger partial charge on any atom is -0.322 e. The van der Waals surface area contributed by atoms with Gasteiger partial charge in [0.2, 0.25) is 11.6 Å². The smallest absolute Gasteiger partial charge is 0.271 e. The van der Waals surface area contributed by atoms with Crippen LogP contribution in [0.5, 0.6) is 0 Å². The number of para-hydroxylation sites is 1. The summed E-state index contributed by atoms with van der Waals surface area (Å²) in [5.74, 6) is -0.658. The first-order valence-corrected chi connectivity index (χ1v) is 10.5. The van der Waals surface area contributed by atoms with Crippen molar-refractivity contribution in [1.29, 1.82) is 0 Å². The Hall–Kier alpha value is -3.15. The van der Waals surface area contributed by atoms with E-state index in [4.69, 9.17) is 0 Å². The Morgan fingerprint density at radius 3 is 2.63 bits per heavy atom. The molecule has 6 nitrogen and oxygen atoms in total. The van der Waals surface area contributed by atoms with Gasteiger partial charge in [-0.15, -0.1) is 0 Å². The number of amides is 3. The number of anilines is 2. The molecular formula is C24H27N3O3. The Morgan fingerprint density at radius 1 is 1.10 bits per heavy atom. The number of nitrogens with one attached hydrogen (secondary N) is 1. The molecule has 1 unspecified atom stereocenters. The molecule has 6 heteroatoms. The molecule has 30 heavy (non-hydrogen) atoms. The Labute approximate surface area is 176 Å². The van der Waals surface area contributed by atoms with Gasteiger partial charge in [-0.1, -0.05) is 37.6 Å². The van der Waals surface area contributed by atoms with Crippen molar-refractivity contribution in [2.45, 2.75) is 52.1 Å². The minimum absolute atomic E-state index is 0.132. The van der Waals surface area contributed by atoms with E-state index >= 15 is 0 Å². The topological polar surface area (TPSA) is 69.7 Å². The van der Waals surface area contributed by atoms with E-state index in [0.717, 1.165) is 24.0 Å². The summed E-state index contributed by atoms with van der Waals surface area (Å²) in [4.78, 5) is 43.4. The molecule has 3 amide bonds. The second-order valence-corrected chi connectivity index (χ2v) is 8.07. The predicted octanol–water partition coefficient (Wildman–Crippen LogP) is 4.02. The van der Waals surface area contributed by atoms with E-state index in [1.54, 1.807) is 34.1 Å². The highest BCUT2D eigenvalue weighted by molar-refractivity contribution is 6.18. The number of carbonyl (C=O) groups excluding carboxylic acids is 3. The van der Waals surface area contributed by atoms with Crippen molar-refractivity contribution in [2.24, 2.45) is 0 Å². The van der Waals surface area contributed by atoms with Crippen LogP contribution in [0.15, 0.2) is 42.5 Å². The van der Waals surface area contributed by atoms with Crippen LogP contribution in [0.2, 0.25) is 0 Å². The van der Waals surface area contributed by atoms with Gasteiger partial charge in [-0.3, -0.25) is 19.3 Å². The third-order valence-electron chi connectivity index (χ3n) is 6.33. The third-order valence-corrected chi connectivity index (χ3v) is 6.33. The Balaban J connectivity index is 1.84. The van der Waals surface area contributed by atoms with Gasteiger partial charge in [0.05, 0.1) is 11.3 Å². The fourth-order valence-corrected chi connectivity index (χ4v) is 4.51. The average molecular weight is 405 g/mol. The SMILES string of the molecule is CCCCN1C(=O)c2ccccc2N2C(=O)CCC12C(=O)Nc1cccc(C)c1C. The van der Waals surface area contributed by atoms with Crippen LogP contribution < -0.4 is 10.2 Å². The molecular weight excluding hydrogens is 378 g/mol. The van der Waals surface area contributed by atoms with Gasteiger partial charge in [-0.05, 0) is 49.6 Å². The first kappa shape index (κ1) is 20.1. The zero-order chi connectivity index (χ0) is 21.5. The summed E-state index contributed by atoms with van der Waals surface area (Å²) in [6, 6.07) is 12.8. The fourth-order valence-electron chi connectivity index (χ4n) is 4.51. The maximum absolute atomic E-state index is 13.8. The van der Waals surface area contributed by atoms with Gasteiger partial charge < -0.3 is 10.2 Å². The molecule has 0 saturated carbocycles. The molecule has 2 aromatic rings. The van der Waals surface area contributed by atoms with Crippen LogP contribution in [0, 0.1) is 13.8 Å². The second-order valence-electron chi connectivity index (χ2n) is 8.07. The summed E-state index contributed by atoms with van der Waals surface area (Å²) < 4.78 is 0. The van der Waals surface area contributed by atoms with Crippen LogP contribution in [0.1, 0.15) is 54.1 Å². The number of rotatable bonds is 5. The van der Waals surface area contributed by atoms with Crippen molar-refractivity contribution in [3.05, 3.63) is 59.2 Å². The molecule has 2 aromatic carbocycles. The summed E-state index contributed by atoms with van der Waals surface area (Å²) in [6.07, 6.45) is 2.15. The number of hydrogen-bond donors (Lipinski definition) is 1. The second kappa shape index (κ2) is 7.59. The van der Waals surface area contributed by atoms with E-state index in [9.17, 15) is 14.4 Å². The molecule has 0 aromatic heterocycles. The van der Waals surface area contributed by atoms with Gasteiger partial charge in [-0.25, -0.2) is 0 Å². The normalized spacial score (nSPS) is 20.2. The fraction of sp³-hybridized carbons (Fsp3) is 0.375. The maximum atomic E-state index is 13.8. The summed E-state index contributed by atoms with van der Waals surface area (Å²) in [7, 11) is 0. The number of unbranched alkanes of at least 4 members (excludes halogenated alkanes) is 1. The van der Waals surface area contributed by atoms with Gasteiger partial charge in [0, 0.05) is 25.1 Å². The lowest BCUT2D eigenvalue weighted by atomic mass is 9.94. The zero-order valence-corrected chi connectivity index (χ0v) is 17.7. The summed E-state index contributed by atoms with van der Waals surface area (Å²) in [6.45, 7) is 6.41. The van der Waals surface area contributed by atoms with Gasteiger partial charge >= 0.3 is 0 Å². The van der Waals surface area contributed by atoms with Crippen molar-refractivity contribution in [3.8, 4) is 0 Å². The maximum Gasteiger partial charge on any atom is 0.271 e. The lowest BCUT2D eigenvalue weighted by Gasteiger charge is -2.49. The summed E-state index contributed by atoms with van der Waals surface area (Å²) >= 11 is 0. The highest BCUT2D eigenvalue weighted by Crippen LogP contribution is 2.45. The lowest BCUT2D eigenvalue weighted by molar-refractivity contribution is -0.129. The molecule has 2 heterocycles. The van der Waals surface area contributed by atoms with Gasteiger partial charge in [-0.2, -0.15) is 0 Å². The van der Waals surface area contributed by atoms with E-state index < -0.39 is 5.66 Å². The highest BCUT2D eigenvalue weighted by atomic mass is 16.2. The molecule has 0 bridgehead atoms. The van der Waals surface area contributed by atoms with Crippen LogP contribution in [0.25, 0.3) is 0 Å². The minimum atomic E-state index is -1.34. The molecule has 0 aliphatic carbocycles. The largest absolute Gasteiger partial charge is 0.322 e. The predicted molar refractivity (Wildman–Crippen MR) is 116 cm³/mol. The van der Waals surface area contributed by atoms with Crippen LogP contribution in [-0.2, 0) is 9.59 Å². The van der Waals surface area contributed by atoms with Crippen molar-refractivity contribution < 1.29 is 14.4 Å². The van der Waals surface area contributed by atoms with E-state index in [0.29, 0.717) is 23.5 Å². The number of benzene rings is 2. The van der Waals surface area contributed by atoms with E-state index in [1.807, 2.05) is 39.0 Å². The van der Waals surface area contributed by atoms with Gasteiger partial charge in [0.1, 0.15) is 0 Å². The number of aryl methyl sites for hydroxylation is 1. The van der Waals surface area contributed by atoms with Crippen molar-refractivity contribution in [2.75, 3.05) is 16.8 Å². The Morgan fingerprint density at radius 2 is 1.87 bits per heavy atom. The molecule has 0 spiro atoms. The number of carbonyl (C=O) groups is 3. The molecule has 156 valence electrons. The van der Waals surface area contributed by atoms with E-state index in [-0.39, 0.29) is 30.6 Å². The first-order valence-electron chi connectivity index (χ1n) is 10.5. The van der Waals surface area contributed by atoms with Crippen LogP contribution in [0.3, 0.4) is 0 Å². The average Bonchev–Trinajstić information content (AvgIpc) is 3.10. The van der Waals surface area contributed by atoms with Crippen LogP contribution in [0.4, 0.5) is 11.4 Å². The molecule has 2 aliphatic heterocycles. The molecule has 1 atom stereocenters. The number of nitrogens with zero attached hydrogens (tertiary/aromatic N) is 2. The molecule has 4 rings (SSSR count). The van der Waals surface area contributed by atoms with Crippen LogP contribution in [-0.4, -0.2) is 34.8 Å². The van der Waals surface area contributed by atoms with Gasteiger partial charge in [0.25, 0.3) is 11.8 Å². The number of fused-ring (bicyclic) bond motifs is 3. The van der Waals surface area contributed by atoms with Crippen molar-refractivity contribution in [3.63, 3.8) is 0 Å². The van der Waals surface area contributed by atoms with Crippen molar-refractivity contribution >= 4 is 29.1 Å². The molecule has 1 fully saturated rings. The Kier molecular flexibility index (Phi) is 5.10. The molecule has 1 N–H and O–H groups in total. The monoisotopic (exact) mass is 405 g/mol. The first-order chi connectivity index (χ1) is 14.4. The van der Waals surface area contributed by atoms with E-state index in [1.165, 1.54) is 0 Å². The summed E-state index contributed by atoms with van der Waals surface area (Å²) in [5.41, 5.74) is 2.40. The van der Waals surface area contributed by atoms with Gasteiger partial charge in [0.15, 0.2) is 0 Å². The highest BCUT2D eigenvalue weighted by Gasteiger charge is 2.60.